The fraction of sp³-hybridized carbons (Fsp3) is 0.533. The Kier molecular flexibility index (Phi) is 6.25. The molecule has 0 radical (unpaired) electrons. The molecule has 2 rings (SSSR count). The van der Waals surface area contributed by atoms with Crippen molar-refractivity contribution in [1.82, 2.24) is 9.55 Å². The summed E-state index contributed by atoms with van der Waals surface area (Å²) < 4.78 is 7.77. The van der Waals surface area contributed by atoms with Gasteiger partial charge in [0.1, 0.15) is 6.73 Å². The van der Waals surface area contributed by atoms with Gasteiger partial charge in [-0.25, -0.2) is 4.98 Å². The maximum absolute atomic E-state index is 5.72. The Hall–Kier alpha value is -1.13. The third-order valence-electron chi connectivity index (χ3n) is 2.75. The standard InChI is InChI=1S/C13H20N2OSi.C2H6/c1-17(2,3)9-8-16-11-15-10-14-12-6-4-5-7-13(12)15;1-2/h4-7,10H,8-9,11H2,1-3H3;1-2H3. The number of imidazole rings is 1. The molecule has 0 aliphatic carbocycles. The maximum atomic E-state index is 5.72. The highest BCUT2D eigenvalue weighted by Gasteiger charge is 2.12. The number of rotatable bonds is 5. The highest BCUT2D eigenvalue weighted by molar-refractivity contribution is 6.76. The molecule has 19 heavy (non-hydrogen) atoms. The van der Waals surface area contributed by atoms with Gasteiger partial charge in [0.15, 0.2) is 0 Å². The number of para-hydroxylation sites is 2. The predicted molar refractivity (Wildman–Crippen MR) is 85.2 cm³/mol. The van der Waals surface area contributed by atoms with E-state index in [9.17, 15) is 0 Å². The van der Waals surface area contributed by atoms with Crippen molar-refractivity contribution >= 4 is 19.1 Å². The highest BCUT2D eigenvalue weighted by atomic mass is 28.3. The van der Waals surface area contributed by atoms with Gasteiger partial charge in [-0.2, -0.15) is 0 Å². The van der Waals surface area contributed by atoms with Crippen molar-refractivity contribution in [2.45, 2.75) is 46.3 Å². The number of hydrogen-bond acceptors (Lipinski definition) is 2. The van der Waals surface area contributed by atoms with E-state index in [1.165, 1.54) is 6.04 Å². The number of aromatic nitrogens is 2. The van der Waals surface area contributed by atoms with Crippen molar-refractivity contribution in [3.63, 3.8) is 0 Å². The van der Waals surface area contributed by atoms with Gasteiger partial charge < -0.3 is 9.30 Å². The van der Waals surface area contributed by atoms with Crippen LogP contribution in [0.2, 0.25) is 25.7 Å². The second kappa shape index (κ2) is 7.45. The molecular formula is C15H26N2OSi. The summed E-state index contributed by atoms with van der Waals surface area (Å²) in [7, 11) is -0.983. The van der Waals surface area contributed by atoms with E-state index in [1.54, 1.807) is 0 Å². The Balaban J connectivity index is 0.000000861. The number of ether oxygens (including phenoxy) is 1. The zero-order valence-corrected chi connectivity index (χ0v) is 13.8. The molecule has 0 spiro atoms. The summed E-state index contributed by atoms with van der Waals surface area (Å²) >= 11 is 0. The monoisotopic (exact) mass is 278 g/mol. The van der Waals surface area contributed by atoms with Gasteiger partial charge >= 0.3 is 0 Å². The Morgan fingerprint density at radius 3 is 2.53 bits per heavy atom. The first kappa shape index (κ1) is 15.9. The maximum Gasteiger partial charge on any atom is 0.124 e. The van der Waals surface area contributed by atoms with Gasteiger partial charge in [0.05, 0.1) is 17.4 Å². The average molecular weight is 278 g/mol. The van der Waals surface area contributed by atoms with Crippen LogP contribution in [0.5, 0.6) is 0 Å². The summed E-state index contributed by atoms with van der Waals surface area (Å²) in [5, 5.41) is 0. The lowest BCUT2D eigenvalue weighted by Crippen LogP contribution is -2.21. The molecule has 0 bridgehead atoms. The minimum atomic E-state index is -0.983. The summed E-state index contributed by atoms with van der Waals surface area (Å²) in [6.45, 7) is 12.5. The second-order valence-electron chi connectivity index (χ2n) is 5.55. The minimum Gasteiger partial charge on any atom is -0.361 e. The zero-order valence-electron chi connectivity index (χ0n) is 12.8. The Labute approximate surface area is 117 Å². The Morgan fingerprint density at radius 1 is 1.16 bits per heavy atom. The third kappa shape index (κ3) is 5.16. The van der Waals surface area contributed by atoms with Crippen LogP contribution >= 0.6 is 0 Å². The fourth-order valence-electron chi connectivity index (χ4n) is 1.65. The van der Waals surface area contributed by atoms with E-state index < -0.39 is 8.07 Å². The third-order valence-corrected chi connectivity index (χ3v) is 4.46. The Bertz CT molecular complexity index is 488. The normalized spacial score (nSPS) is 11.2. The molecule has 1 aromatic heterocycles. The quantitative estimate of drug-likeness (QED) is 0.599. The van der Waals surface area contributed by atoms with E-state index >= 15 is 0 Å². The molecule has 0 aliphatic rings. The van der Waals surface area contributed by atoms with Gasteiger partial charge in [-0.15, -0.1) is 0 Å². The summed E-state index contributed by atoms with van der Waals surface area (Å²) in [5.74, 6) is 0. The van der Waals surface area contributed by atoms with Crippen molar-refractivity contribution in [3.05, 3.63) is 30.6 Å². The molecule has 2 aromatic rings. The number of fused-ring (bicyclic) bond motifs is 1. The fourth-order valence-corrected chi connectivity index (χ4v) is 2.41. The lowest BCUT2D eigenvalue weighted by Gasteiger charge is -2.15. The van der Waals surface area contributed by atoms with Crippen LogP contribution in [-0.2, 0) is 11.5 Å². The van der Waals surface area contributed by atoms with Crippen molar-refractivity contribution in [1.29, 1.82) is 0 Å². The molecule has 1 aromatic carbocycles. The van der Waals surface area contributed by atoms with Crippen LogP contribution in [0.3, 0.4) is 0 Å². The summed E-state index contributed by atoms with van der Waals surface area (Å²) in [4.78, 5) is 4.34. The van der Waals surface area contributed by atoms with Crippen LogP contribution in [0.4, 0.5) is 0 Å². The molecule has 1 heterocycles. The van der Waals surface area contributed by atoms with Gasteiger partial charge in [-0.1, -0.05) is 45.6 Å². The molecule has 4 heteroatoms. The number of nitrogens with zero attached hydrogens (tertiary/aromatic N) is 2. The van der Waals surface area contributed by atoms with Crippen molar-refractivity contribution in [2.24, 2.45) is 0 Å². The van der Waals surface area contributed by atoms with Crippen molar-refractivity contribution < 1.29 is 4.74 Å². The van der Waals surface area contributed by atoms with E-state index in [4.69, 9.17) is 4.74 Å². The van der Waals surface area contributed by atoms with Gasteiger partial charge in [-0.05, 0) is 18.2 Å². The first-order valence-electron chi connectivity index (χ1n) is 7.04. The van der Waals surface area contributed by atoms with E-state index in [1.807, 2.05) is 38.4 Å². The Morgan fingerprint density at radius 2 is 1.84 bits per heavy atom. The van der Waals surface area contributed by atoms with Gasteiger partial charge in [0, 0.05) is 14.7 Å². The van der Waals surface area contributed by atoms with E-state index in [0.717, 1.165) is 17.6 Å². The number of hydrogen-bond donors (Lipinski definition) is 0. The highest BCUT2D eigenvalue weighted by Crippen LogP contribution is 2.12. The van der Waals surface area contributed by atoms with Gasteiger partial charge in [0.25, 0.3) is 0 Å². The lowest BCUT2D eigenvalue weighted by molar-refractivity contribution is 0.0898. The average Bonchev–Trinajstić information content (AvgIpc) is 2.79. The molecule has 0 N–H and O–H groups in total. The molecule has 3 nitrogen and oxygen atoms in total. The summed E-state index contributed by atoms with van der Waals surface area (Å²) in [5.41, 5.74) is 2.17. The molecule has 0 aliphatic heterocycles. The lowest BCUT2D eigenvalue weighted by atomic mass is 10.3. The first-order valence-corrected chi connectivity index (χ1v) is 10.7. The SMILES string of the molecule is CC.C[Si](C)(C)CCOCn1cnc2ccccc21. The first-order chi connectivity index (χ1) is 9.06. The molecule has 106 valence electrons. The smallest absolute Gasteiger partial charge is 0.124 e. The molecule has 0 atom stereocenters. The van der Waals surface area contributed by atoms with Crippen LogP contribution in [-0.4, -0.2) is 24.2 Å². The molecular weight excluding hydrogens is 252 g/mol. The number of benzene rings is 1. The molecule has 0 saturated carbocycles. The van der Waals surface area contributed by atoms with Crippen LogP contribution < -0.4 is 0 Å². The van der Waals surface area contributed by atoms with Crippen LogP contribution in [0.15, 0.2) is 30.6 Å². The molecule has 0 fully saturated rings. The minimum absolute atomic E-state index is 0.602. The topological polar surface area (TPSA) is 27.1 Å². The van der Waals surface area contributed by atoms with Crippen LogP contribution in [0.1, 0.15) is 13.8 Å². The van der Waals surface area contributed by atoms with Gasteiger partial charge in [0.2, 0.25) is 0 Å². The predicted octanol–water partition coefficient (Wildman–Crippen LogP) is 4.37. The summed E-state index contributed by atoms with van der Waals surface area (Å²) in [6, 6.07) is 9.34. The second-order valence-corrected chi connectivity index (χ2v) is 11.2. The largest absolute Gasteiger partial charge is 0.361 e. The van der Waals surface area contributed by atoms with Crippen molar-refractivity contribution in [2.75, 3.05) is 6.61 Å². The van der Waals surface area contributed by atoms with E-state index in [-0.39, 0.29) is 0 Å². The zero-order chi connectivity index (χ0) is 14.3. The van der Waals surface area contributed by atoms with E-state index in [0.29, 0.717) is 6.73 Å². The van der Waals surface area contributed by atoms with E-state index in [2.05, 4.69) is 35.3 Å². The molecule has 0 unspecified atom stereocenters. The van der Waals surface area contributed by atoms with Crippen LogP contribution in [0, 0.1) is 0 Å². The van der Waals surface area contributed by atoms with Crippen molar-refractivity contribution in [3.8, 4) is 0 Å². The van der Waals surface area contributed by atoms with Gasteiger partial charge in [-0.3, -0.25) is 0 Å². The molecule has 0 amide bonds. The molecule has 0 saturated heterocycles. The summed E-state index contributed by atoms with van der Waals surface area (Å²) in [6.07, 6.45) is 1.85. The van der Waals surface area contributed by atoms with Crippen LogP contribution in [0.25, 0.3) is 11.0 Å².